The second kappa shape index (κ2) is 5.71. The number of nitrogens with zero attached hydrogens (tertiary/aromatic N) is 3. The highest BCUT2D eigenvalue weighted by molar-refractivity contribution is 7.15. The Labute approximate surface area is 122 Å². The number of carbonyl (C=O) groups is 1. The summed E-state index contributed by atoms with van der Waals surface area (Å²) in [5.41, 5.74) is 1.82. The summed E-state index contributed by atoms with van der Waals surface area (Å²) in [6.07, 6.45) is 4.50. The number of pyridine rings is 1. The number of likely N-dealkylation sites (tertiary alicyclic amines) is 1. The molecule has 0 aliphatic carbocycles. The third kappa shape index (κ3) is 2.72. The van der Waals surface area contributed by atoms with Gasteiger partial charge in [0.25, 0.3) is 0 Å². The van der Waals surface area contributed by atoms with E-state index in [0.717, 1.165) is 47.2 Å². The van der Waals surface area contributed by atoms with Gasteiger partial charge in [0.15, 0.2) is 0 Å². The van der Waals surface area contributed by atoms with Crippen molar-refractivity contribution in [3.05, 3.63) is 35.0 Å². The number of aromatic nitrogens is 2. The molecule has 1 aliphatic rings. The van der Waals surface area contributed by atoms with Crippen molar-refractivity contribution < 1.29 is 4.79 Å². The van der Waals surface area contributed by atoms with Crippen molar-refractivity contribution in [1.29, 1.82) is 0 Å². The predicted molar refractivity (Wildman–Crippen MR) is 79.6 cm³/mol. The van der Waals surface area contributed by atoms with E-state index in [-0.39, 0.29) is 5.91 Å². The van der Waals surface area contributed by atoms with E-state index in [2.05, 4.69) is 9.97 Å². The maximum absolute atomic E-state index is 12.2. The molecular formula is C15H17N3OS. The summed E-state index contributed by atoms with van der Waals surface area (Å²) in [5.74, 6) is 0.224. The summed E-state index contributed by atoms with van der Waals surface area (Å²) in [6.45, 7) is 3.78. The molecule has 0 bridgehead atoms. The molecule has 1 fully saturated rings. The Morgan fingerprint density at radius 3 is 2.85 bits per heavy atom. The number of carbonyl (C=O) groups excluding carboxylic acids is 1. The lowest BCUT2D eigenvalue weighted by atomic mass is 10.3. The first kappa shape index (κ1) is 13.2. The van der Waals surface area contributed by atoms with E-state index in [4.69, 9.17) is 0 Å². The second-order valence-corrected chi connectivity index (χ2v) is 6.09. The lowest BCUT2D eigenvalue weighted by molar-refractivity contribution is -0.129. The summed E-state index contributed by atoms with van der Waals surface area (Å²) in [4.78, 5) is 24.1. The third-order valence-corrected chi connectivity index (χ3v) is 4.73. The molecule has 0 unspecified atom stereocenters. The zero-order valence-corrected chi connectivity index (χ0v) is 12.3. The minimum absolute atomic E-state index is 0.224. The maximum atomic E-state index is 12.2. The molecule has 104 valence electrons. The first-order chi connectivity index (χ1) is 9.74. The summed E-state index contributed by atoms with van der Waals surface area (Å²) < 4.78 is 0. The van der Waals surface area contributed by atoms with Crippen LogP contribution >= 0.6 is 11.3 Å². The van der Waals surface area contributed by atoms with Gasteiger partial charge in [-0.2, -0.15) is 0 Å². The Balaban J connectivity index is 1.77. The molecular weight excluding hydrogens is 270 g/mol. The van der Waals surface area contributed by atoms with Crippen molar-refractivity contribution in [1.82, 2.24) is 14.9 Å². The Bertz CT molecular complexity index is 603. The van der Waals surface area contributed by atoms with Crippen molar-refractivity contribution in [2.24, 2.45) is 0 Å². The molecule has 0 N–H and O–H groups in total. The van der Waals surface area contributed by atoms with Crippen molar-refractivity contribution in [2.45, 2.75) is 26.2 Å². The molecule has 0 aromatic carbocycles. The normalized spacial score (nSPS) is 14.8. The Hall–Kier alpha value is -1.75. The van der Waals surface area contributed by atoms with Crippen molar-refractivity contribution in [2.75, 3.05) is 13.1 Å². The molecule has 1 saturated heterocycles. The monoisotopic (exact) mass is 287 g/mol. The van der Waals surface area contributed by atoms with Crippen LogP contribution in [0.5, 0.6) is 0 Å². The number of amides is 1. The molecule has 0 radical (unpaired) electrons. The lowest BCUT2D eigenvalue weighted by Crippen LogP contribution is -2.28. The van der Waals surface area contributed by atoms with E-state index in [9.17, 15) is 4.79 Å². The van der Waals surface area contributed by atoms with E-state index >= 15 is 0 Å². The van der Waals surface area contributed by atoms with Gasteiger partial charge in [-0.05, 0) is 31.9 Å². The fraction of sp³-hybridized carbons (Fsp3) is 0.400. The van der Waals surface area contributed by atoms with Gasteiger partial charge in [0, 0.05) is 24.2 Å². The first-order valence-electron chi connectivity index (χ1n) is 6.89. The van der Waals surface area contributed by atoms with E-state index in [1.165, 1.54) is 0 Å². The molecule has 0 saturated carbocycles. The van der Waals surface area contributed by atoms with Crippen molar-refractivity contribution in [3.63, 3.8) is 0 Å². The lowest BCUT2D eigenvalue weighted by Gasteiger charge is -2.14. The molecule has 5 heteroatoms. The highest BCUT2D eigenvalue weighted by atomic mass is 32.1. The van der Waals surface area contributed by atoms with Gasteiger partial charge in [-0.15, -0.1) is 11.3 Å². The molecule has 20 heavy (non-hydrogen) atoms. The van der Waals surface area contributed by atoms with Crippen molar-refractivity contribution in [3.8, 4) is 10.7 Å². The fourth-order valence-electron chi connectivity index (χ4n) is 2.41. The SMILES string of the molecule is Cc1nc(-c2ccccn2)sc1CC(=O)N1CCCC1. The zero-order valence-electron chi connectivity index (χ0n) is 11.5. The molecule has 0 spiro atoms. The van der Waals surface area contributed by atoms with Crippen LogP contribution in [0.1, 0.15) is 23.4 Å². The summed E-state index contributed by atoms with van der Waals surface area (Å²) in [5, 5.41) is 0.896. The van der Waals surface area contributed by atoms with Crippen LogP contribution in [0.3, 0.4) is 0 Å². The van der Waals surface area contributed by atoms with Crippen LogP contribution in [0.25, 0.3) is 10.7 Å². The van der Waals surface area contributed by atoms with E-state index in [0.29, 0.717) is 6.42 Å². The molecule has 3 rings (SSSR count). The van der Waals surface area contributed by atoms with Crippen LogP contribution in [-0.2, 0) is 11.2 Å². The summed E-state index contributed by atoms with van der Waals surface area (Å²) in [6, 6.07) is 5.79. The first-order valence-corrected chi connectivity index (χ1v) is 7.71. The molecule has 1 aliphatic heterocycles. The molecule has 2 aromatic rings. The van der Waals surface area contributed by atoms with Crippen LogP contribution < -0.4 is 0 Å². The average Bonchev–Trinajstić information content (AvgIpc) is 3.10. The minimum atomic E-state index is 0.224. The van der Waals surface area contributed by atoms with Gasteiger partial charge in [-0.3, -0.25) is 9.78 Å². The Morgan fingerprint density at radius 1 is 1.35 bits per heavy atom. The van der Waals surface area contributed by atoms with Gasteiger partial charge in [0.1, 0.15) is 5.01 Å². The quantitative estimate of drug-likeness (QED) is 0.872. The largest absolute Gasteiger partial charge is 0.342 e. The number of hydrogen-bond acceptors (Lipinski definition) is 4. The summed E-state index contributed by atoms with van der Waals surface area (Å²) in [7, 11) is 0. The average molecular weight is 287 g/mol. The van der Waals surface area contributed by atoms with E-state index in [1.807, 2.05) is 30.0 Å². The Kier molecular flexibility index (Phi) is 3.78. The Morgan fingerprint density at radius 2 is 2.15 bits per heavy atom. The number of thiazole rings is 1. The topological polar surface area (TPSA) is 46.1 Å². The molecule has 2 aromatic heterocycles. The standard InChI is InChI=1S/C15H17N3OS/c1-11-13(10-14(19)18-8-4-5-9-18)20-15(17-11)12-6-2-3-7-16-12/h2-3,6-7H,4-5,8-10H2,1H3. The molecule has 0 atom stereocenters. The van der Waals surface area contributed by atoms with Crippen LogP contribution in [0, 0.1) is 6.92 Å². The smallest absolute Gasteiger partial charge is 0.227 e. The van der Waals surface area contributed by atoms with Crippen LogP contribution in [0.15, 0.2) is 24.4 Å². The number of hydrogen-bond donors (Lipinski definition) is 0. The van der Waals surface area contributed by atoms with E-state index in [1.54, 1.807) is 17.5 Å². The van der Waals surface area contributed by atoms with Gasteiger partial charge in [-0.1, -0.05) is 6.07 Å². The van der Waals surface area contributed by atoms with Crippen LogP contribution in [-0.4, -0.2) is 33.9 Å². The number of aryl methyl sites for hydroxylation is 1. The van der Waals surface area contributed by atoms with Crippen LogP contribution in [0.2, 0.25) is 0 Å². The van der Waals surface area contributed by atoms with Gasteiger partial charge in [-0.25, -0.2) is 4.98 Å². The van der Waals surface area contributed by atoms with Crippen molar-refractivity contribution >= 4 is 17.2 Å². The molecule has 1 amide bonds. The predicted octanol–water partition coefficient (Wildman–Crippen LogP) is 2.68. The van der Waals surface area contributed by atoms with E-state index < -0.39 is 0 Å². The van der Waals surface area contributed by atoms with Crippen LogP contribution in [0.4, 0.5) is 0 Å². The highest BCUT2D eigenvalue weighted by Gasteiger charge is 2.20. The molecule has 3 heterocycles. The van der Waals surface area contributed by atoms with Gasteiger partial charge in [0.2, 0.25) is 5.91 Å². The fourth-order valence-corrected chi connectivity index (χ4v) is 3.44. The highest BCUT2D eigenvalue weighted by Crippen LogP contribution is 2.27. The minimum Gasteiger partial charge on any atom is -0.342 e. The molecule has 4 nitrogen and oxygen atoms in total. The third-order valence-electron chi connectivity index (χ3n) is 3.55. The number of rotatable bonds is 3. The van der Waals surface area contributed by atoms with Gasteiger partial charge in [0.05, 0.1) is 17.8 Å². The maximum Gasteiger partial charge on any atom is 0.227 e. The summed E-state index contributed by atoms with van der Waals surface area (Å²) >= 11 is 1.58. The second-order valence-electron chi connectivity index (χ2n) is 5.01. The van der Waals surface area contributed by atoms with Gasteiger partial charge < -0.3 is 4.90 Å². The van der Waals surface area contributed by atoms with Gasteiger partial charge >= 0.3 is 0 Å². The zero-order chi connectivity index (χ0) is 13.9.